The zero-order valence-corrected chi connectivity index (χ0v) is 9.32. The molecule has 1 aromatic carbocycles. The number of hydrogen-bond donors (Lipinski definition) is 1. The van der Waals surface area contributed by atoms with E-state index in [4.69, 9.17) is 9.84 Å². The number of rotatable bonds is 5. The van der Waals surface area contributed by atoms with Crippen LogP contribution in [0.15, 0.2) is 18.2 Å². The highest BCUT2D eigenvalue weighted by molar-refractivity contribution is 6.07. The molecule has 86 valence electrons. The van der Waals surface area contributed by atoms with Crippen LogP contribution in [-0.2, 0) is 11.2 Å². The standard InChI is InChI=1S/C12H14O4/c1-3-8-4-5-11(16-2)9(6-8)10(13)7-12(14)15/h4-6H,3,7H2,1-2H3,(H,14,15). The van der Waals surface area contributed by atoms with E-state index in [0.717, 1.165) is 12.0 Å². The number of benzene rings is 1. The summed E-state index contributed by atoms with van der Waals surface area (Å²) >= 11 is 0. The molecule has 0 radical (unpaired) electrons. The molecular weight excluding hydrogens is 208 g/mol. The van der Waals surface area contributed by atoms with Gasteiger partial charge in [0.15, 0.2) is 5.78 Å². The first kappa shape index (κ1) is 12.2. The van der Waals surface area contributed by atoms with Crippen molar-refractivity contribution in [3.05, 3.63) is 29.3 Å². The Morgan fingerprint density at radius 3 is 2.56 bits per heavy atom. The largest absolute Gasteiger partial charge is 0.496 e. The first-order valence-corrected chi connectivity index (χ1v) is 5.00. The molecule has 0 aliphatic rings. The third-order valence-electron chi connectivity index (χ3n) is 2.28. The average molecular weight is 222 g/mol. The van der Waals surface area contributed by atoms with Crippen LogP contribution in [0.5, 0.6) is 5.75 Å². The highest BCUT2D eigenvalue weighted by Gasteiger charge is 2.15. The molecule has 0 saturated carbocycles. The van der Waals surface area contributed by atoms with Crippen LogP contribution in [0.4, 0.5) is 0 Å². The molecule has 0 aliphatic carbocycles. The van der Waals surface area contributed by atoms with Crippen molar-refractivity contribution < 1.29 is 19.4 Å². The second-order valence-electron chi connectivity index (χ2n) is 3.38. The summed E-state index contributed by atoms with van der Waals surface area (Å²) in [6, 6.07) is 5.23. The number of hydrogen-bond acceptors (Lipinski definition) is 3. The van der Waals surface area contributed by atoms with Gasteiger partial charge in [0.1, 0.15) is 12.2 Å². The van der Waals surface area contributed by atoms with E-state index >= 15 is 0 Å². The Bertz CT molecular complexity index is 409. The molecule has 0 aliphatic heterocycles. The van der Waals surface area contributed by atoms with Gasteiger partial charge in [0, 0.05) is 0 Å². The summed E-state index contributed by atoms with van der Waals surface area (Å²) in [4.78, 5) is 22.1. The summed E-state index contributed by atoms with van der Waals surface area (Å²) in [5, 5.41) is 8.57. The zero-order valence-electron chi connectivity index (χ0n) is 9.32. The molecule has 0 unspecified atom stereocenters. The Hall–Kier alpha value is -1.84. The Kier molecular flexibility index (Phi) is 4.05. The molecule has 1 aromatic rings. The lowest BCUT2D eigenvalue weighted by molar-refractivity contribution is -0.135. The molecule has 0 aromatic heterocycles. The van der Waals surface area contributed by atoms with E-state index in [0.29, 0.717) is 11.3 Å². The number of carbonyl (C=O) groups is 2. The normalized spacial score (nSPS) is 9.88. The predicted molar refractivity (Wildman–Crippen MR) is 59.0 cm³/mol. The van der Waals surface area contributed by atoms with E-state index in [1.165, 1.54) is 7.11 Å². The van der Waals surface area contributed by atoms with Crippen molar-refractivity contribution >= 4 is 11.8 Å². The number of methoxy groups -OCH3 is 1. The van der Waals surface area contributed by atoms with Crippen LogP contribution in [0, 0.1) is 0 Å². The van der Waals surface area contributed by atoms with Gasteiger partial charge in [0.2, 0.25) is 0 Å². The number of carboxylic acids is 1. The molecule has 0 heterocycles. The van der Waals surface area contributed by atoms with Gasteiger partial charge in [-0.3, -0.25) is 9.59 Å². The Balaban J connectivity index is 3.08. The average Bonchev–Trinajstić information content (AvgIpc) is 2.27. The van der Waals surface area contributed by atoms with Crippen molar-refractivity contribution in [1.82, 2.24) is 0 Å². The topological polar surface area (TPSA) is 63.6 Å². The van der Waals surface area contributed by atoms with Gasteiger partial charge in [0.25, 0.3) is 0 Å². The molecule has 1 rings (SSSR count). The molecule has 4 nitrogen and oxygen atoms in total. The zero-order chi connectivity index (χ0) is 12.1. The van der Waals surface area contributed by atoms with Crippen LogP contribution < -0.4 is 4.74 Å². The lowest BCUT2D eigenvalue weighted by Crippen LogP contribution is -2.09. The van der Waals surface area contributed by atoms with Crippen molar-refractivity contribution in [2.45, 2.75) is 19.8 Å². The van der Waals surface area contributed by atoms with Crippen molar-refractivity contribution in [1.29, 1.82) is 0 Å². The smallest absolute Gasteiger partial charge is 0.311 e. The second-order valence-corrected chi connectivity index (χ2v) is 3.38. The van der Waals surface area contributed by atoms with Crippen molar-refractivity contribution in [2.24, 2.45) is 0 Å². The molecule has 0 saturated heterocycles. The molecular formula is C12H14O4. The van der Waals surface area contributed by atoms with Crippen LogP contribution in [0.1, 0.15) is 29.3 Å². The molecule has 0 atom stereocenters. The number of ether oxygens (including phenoxy) is 1. The quantitative estimate of drug-likeness (QED) is 0.610. The maximum atomic E-state index is 11.6. The fourth-order valence-electron chi connectivity index (χ4n) is 1.43. The van der Waals surface area contributed by atoms with Crippen molar-refractivity contribution in [2.75, 3.05) is 7.11 Å². The van der Waals surface area contributed by atoms with Gasteiger partial charge in [-0.2, -0.15) is 0 Å². The van der Waals surface area contributed by atoms with E-state index in [9.17, 15) is 9.59 Å². The van der Waals surface area contributed by atoms with E-state index in [1.807, 2.05) is 13.0 Å². The Labute approximate surface area is 93.9 Å². The van der Waals surface area contributed by atoms with Gasteiger partial charge in [-0.25, -0.2) is 0 Å². The van der Waals surface area contributed by atoms with E-state index in [-0.39, 0.29) is 0 Å². The fraction of sp³-hybridized carbons (Fsp3) is 0.333. The monoisotopic (exact) mass is 222 g/mol. The van der Waals surface area contributed by atoms with Crippen LogP contribution in [-0.4, -0.2) is 24.0 Å². The lowest BCUT2D eigenvalue weighted by atomic mass is 10.0. The molecule has 0 bridgehead atoms. The Morgan fingerprint density at radius 1 is 1.38 bits per heavy atom. The van der Waals surface area contributed by atoms with Gasteiger partial charge >= 0.3 is 5.97 Å². The minimum atomic E-state index is -1.13. The van der Waals surface area contributed by atoms with E-state index < -0.39 is 18.2 Å². The minimum absolute atomic E-state index is 0.337. The summed E-state index contributed by atoms with van der Waals surface area (Å²) in [6.07, 6.45) is 0.279. The predicted octanol–water partition coefficient (Wildman–Crippen LogP) is 1.92. The Morgan fingerprint density at radius 2 is 2.06 bits per heavy atom. The third kappa shape index (κ3) is 2.82. The van der Waals surface area contributed by atoms with Crippen LogP contribution in [0.3, 0.4) is 0 Å². The molecule has 0 amide bonds. The van der Waals surface area contributed by atoms with Crippen molar-refractivity contribution in [3.63, 3.8) is 0 Å². The number of ketones is 1. The summed E-state index contributed by atoms with van der Waals surface area (Å²) in [6.45, 7) is 1.97. The van der Waals surface area contributed by atoms with Crippen LogP contribution in [0.2, 0.25) is 0 Å². The summed E-state index contributed by atoms with van der Waals surface area (Å²) in [5.74, 6) is -1.14. The number of aliphatic carboxylic acids is 1. The molecule has 16 heavy (non-hydrogen) atoms. The van der Waals surface area contributed by atoms with E-state index in [1.54, 1.807) is 12.1 Å². The molecule has 0 spiro atoms. The highest BCUT2D eigenvalue weighted by Crippen LogP contribution is 2.21. The van der Waals surface area contributed by atoms with Crippen LogP contribution in [0.25, 0.3) is 0 Å². The van der Waals surface area contributed by atoms with Gasteiger partial charge in [-0.05, 0) is 24.1 Å². The fourth-order valence-corrected chi connectivity index (χ4v) is 1.43. The molecule has 4 heteroatoms. The number of aryl methyl sites for hydroxylation is 1. The number of carbonyl (C=O) groups excluding carboxylic acids is 1. The highest BCUT2D eigenvalue weighted by atomic mass is 16.5. The maximum Gasteiger partial charge on any atom is 0.311 e. The molecule has 1 N–H and O–H groups in total. The van der Waals surface area contributed by atoms with Gasteiger partial charge in [-0.1, -0.05) is 13.0 Å². The SMILES string of the molecule is CCc1ccc(OC)c(C(=O)CC(=O)O)c1. The molecule has 0 fully saturated rings. The second kappa shape index (κ2) is 5.30. The van der Waals surface area contributed by atoms with Gasteiger partial charge < -0.3 is 9.84 Å². The third-order valence-corrected chi connectivity index (χ3v) is 2.28. The summed E-state index contributed by atoms with van der Waals surface area (Å²) < 4.78 is 5.03. The lowest BCUT2D eigenvalue weighted by Gasteiger charge is -2.08. The summed E-state index contributed by atoms with van der Waals surface area (Å²) in [7, 11) is 1.46. The minimum Gasteiger partial charge on any atom is -0.496 e. The number of Topliss-reactive ketones (excluding diaryl/α,β-unsaturated/α-hetero) is 1. The first-order valence-electron chi connectivity index (χ1n) is 5.00. The van der Waals surface area contributed by atoms with Crippen molar-refractivity contribution in [3.8, 4) is 5.75 Å². The van der Waals surface area contributed by atoms with Crippen LogP contribution >= 0.6 is 0 Å². The van der Waals surface area contributed by atoms with Gasteiger partial charge in [-0.15, -0.1) is 0 Å². The summed E-state index contributed by atoms with van der Waals surface area (Å²) in [5.41, 5.74) is 1.32. The maximum absolute atomic E-state index is 11.6. The van der Waals surface area contributed by atoms with E-state index in [2.05, 4.69) is 0 Å². The van der Waals surface area contributed by atoms with Gasteiger partial charge in [0.05, 0.1) is 12.7 Å². The first-order chi connectivity index (χ1) is 7.58. The number of carboxylic acid groups (broad SMARTS) is 1.